The molecule has 0 aliphatic carbocycles. The van der Waals surface area contributed by atoms with Crippen molar-refractivity contribution in [2.45, 2.75) is 20.8 Å². The number of rotatable bonds is 7. The van der Waals surface area contributed by atoms with Gasteiger partial charge in [0.1, 0.15) is 5.82 Å². The Hall–Kier alpha value is -1.95. The van der Waals surface area contributed by atoms with E-state index < -0.39 is 0 Å². The SMILES string of the molecule is CCN(CC)CCNc1cc(-c2nc(C)no2)ccn1. The fraction of sp³-hybridized carbons (Fsp3) is 0.500. The second-order valence-corrected chi connectivity index (χ2v) is 4.53. The summed E-state index contributed by atoms with van der Waals surface area (Å²) in [5.74, 6) is 1.98. The molecule has 0 unspecified atom stereocenters. The van der Waals surface area contributed by atoms with E-state index in [1.807, 2.05) is 12.1 Å². The van der Waals surface area contributed by atoms with E-state index in [0.717, 1.165) is 37.6 Å². The molecule has 0 aliphatic heterocycles. The van der Waals surface area contributed by atoms with Crippen LogP contribution in [-0.2, 0) is 0 Å². The summed E-state index contributed by atoms with van der Waals surface area (Å²) in [6, 6.07) is 3.79. The first-order chi connectivity index (χ1) is 9.72. The third-order valence-electron chi connectivity index (χ3n) is 3.16. The molecule has 0 saturated heterocycles. The molecule has 2 aromatic heterocycles. The first-order valence-corrected chi connectivity index (χ1v) is 6.96. The zero-order valence-electron chi connectivity index (χ0n) is 12.3. The molecule has 0 bridgehead atoms. The summed E-state index contributed by atoms with van der Waals surface area (Å²) >= 11 is 0. The van der Waals surface area contributed by atoms with Gasteiger partial charge in [0.25, 0.3) is 5.89 Å². The number of nitrogens with zero attached hydrogens (tertiary/aromatic N) is 4. The molecule has 0 saturated carbocycles. The van der Waals surface area contributed by atoms with Crippen LogP contribution in [0.1, 0.15) is 19.7 Å². The quantitative estimate of drug-likeness (QED) is 0.835. The predicted octanol–water partition coefficient (Wildman–Crippen LogP) is 2.19. The van der Waals surface area contributed by atoms with Crippen LogP contribution in [0.3, 0.4) is 0 Å². The summed E-state index contributed by atoms with van der Waals surface area (Å²) in [6.07, 6.45) is 1.74. The monoisotopic (exact) mass is 275 g/mol. The molecular formula is C14H21N5O. The van der Waals surface area contributed by atoms with Crippen molar-refractivity contribution in [3.05, 3.63) is 24.2 Å². The summed E-state index contributed by atoms with van der Waals surface area (Å²) < 4.78 is 5.16. The number of aryl methyl sites for hydroxylation is 1. The van der Waals surface area contributed by atoms with Crippen LogP contribution < -0.4 is 5.32 Å². The molecular weight excluding hydrogens is 254 g/mol. The van der Waals surface area contributed by atoms with Gasteiger partial charge in [-0.2, -0.15) is 4.98 Å². The molecule has 0 spiro atoms. The summed E-state index contributed by atoms with van der Waals surface area (Å²) in [4.78, 5) is 10.9. The van der Waals surface area contributed by atoms with E-state index in [1.54, 1.807) is 13.1 Å². The highest BCUT2D eigenvalue weighted by molar-refractivity contribution is 5.57. The first kappa shape index (κ1) is 14.5. The van der Waals surface area contributed by atoms with Crippen LogP contribution >= 0.6 is 0 Å². The molecule has 0 amide bonds. The van der Waals surface area contributed by atoms with Gasteiger partial charge in [0.2, 0.25) is 0 Å². The van der Waals surface area contributed by atoms with Gasteiger partial charge < -0.3 is 14.7 Å². The van der Waals surface area contributed by atoms with Crippen LogP contribution in [0, 0.1) is 6.92 Å². The number of anilines is 1. The molecule has 6 nitrogen and oxygen atoms in total. The van der Waals surface area contributed by atoms with Crippen molar-refractivity contribution in [3.63, 3.8) is 0 Å². The number of pyridine rings is 1. The molecule has 2 heterocycles. The molecule has 0 aromatic carbocycles. The third kappa shape index (κ3) is 3.77. The predicted molar refractivity (Wildman–Crippen MR) is 78.5 cm³/mol. The maximum Gasteiger partial charge on any atom is 0.258 e. The van der Waals surface area contributed by atoms with Crippen LogP contribution in [0.4, 0.5) is 5.82 Å². The van der Waals surface area contributed by atoms with Crippen molar-refractivity contribution in [2.75, 3.05) is 31.5 Å². The Balaban J connectivity index is 1.96. The molecule has 6 heteroatoms. The Morgan fingerprint density at radius 3 is 2.75 bits per heavy atom. The van der Waals surface area contributed by atoms with Gasteiger partial charge in [-0.15, -0.1) is 0 Å². The van der Waals surface area contributed by atoms with E-state index in [-0.39, 0.29) is 0 Å². The Kier molecular flexibility index (Phi) is 5.06. The van der Waals surface area contributed by atoms with Crippen molar-refractivity contribution in [1.29, 1.82) is 0 Å². The van der Waals surface area contributed by atoms with Crippen molar-refractivity contribution in [3.8, 4) is 11.5 Å². The Bertz CT molecular complexity index is 536. The molecule has 2 rings (SSSR count). The highest BCUT2D eigenvalue weighted by Gasteiger charge is 2.07. The van der Waals surface area contributed by atoms with Gasteiger partial charge >= 0.3 is 0 Å². The molecule has 108 valence electrons. The van der Waals surface area contributed by atoms with E-state index in [0.29, 0.717) is 11.7 Å². The average molecular weight is 275 g/mol. The lowest BCUT2D eigenvalue weighted by Crippen LogP contribution is -2.28. The molecule has 20 heavy (non-hydrogen) atoms. The fourth-order valence-corrected chi connectivity index (χ4v) is 1.96. The van der Waals surface area contributed by atoms with Crippen LogP contribution in [0.2, 0.25) is 0 Å². The molecule has 0 aliphatic rings. The lowest BCUT2D eigenvalue weighted by Gasteiger charge is -2.18. The molecule has 1 N–H and O–H groups in total. The molecule has 0 atom stereocenters. The summed E-state index contributed by atoms with van der Waals surface area (Å²) in [5, 5.41) is 7.11. The van der Waals surface area contributed by atoms with Crippen molar-refractivity contribution >= 4 is 5.82 Å². The number of likely N-dealkylation sites (N-methyl/N-ethyl adjacent to an activating group) is 1. The van der Waals surface area contributed by atoms with E-state index in [2.05, 4.69) is 39.2 Å². The fourth-order valence-electron chi connectivity index (χ4n) is 1.96. The van der Waals surface area contributed by atoms with Gasteiger partial charge in [-0.25, -0.2) is 4.98 Å². The van der Waals surface area contributed by atoms with Gasteiger partial charge in [0, 0.05) is 24.8 Å². The second-order valence-electron chi connectivity index (χ2n) is 4.53. The summed E-state index contributed by atoms with van der Waals surface area (Å²) in [5.41, 5.74) is 0.880. The zero-order chi connectivity index (χ0) is 14.4. The normalized spacial score (nSPS) is 11.0. The maximum absolute atomic E-state index is 5.16. The Morgan fingerprint density at radius 2 is 2.10 bits per heavy atom. The Morgan fingerprint density at radius 1 is 1.30 bits per heavy atom. The zero-order valence-corrected chi connectivity index (χ0v) is 12.3. The van der Waals surface area contributed by atoms with Gasteiger partial charge in [-0.1, -0.05) is 19.0 Å². The average Bonchev–Trinajstić information content (AvgIpc) is 2.91. The van der Waals surface area contributed by atoms with E-state index in [1.165, 1.54) is 0 Å². The van der Waals surface area contributed by atoms with E-state index in [9.17, 15) is 0 Å². The lowest BCUT2D eigenvalue weighted by molar-refractivity contribution is 0.316. The van der Waals surface area contributed by atoms with Crippen LogP contribution in [0.25, 0.3) is 11.5 Å². The highest BCUT2D eigenvalue weighted by atomic mass is 16.5. The third-order valence-corrected chi connectivity index (χ3v) is 3.16. The van der Waals surface area contributed by atoms with Gasteiger partial charge in [-0.3, -0.25) is 0 Å². The number of hydrogen-bond donors (Lipinski definition) is 1. The standard InChI is InChI=1S/C14H21N5O/c1-4-19(5-2)9-8-16-13-10-12(6-7-15-13)14-17-11(3)18-20-14/h6-7,10H,4-5,8-9H2,1-3H3,(H,15,16). The van der Waals surface area contributed by atoms with Crippen LogP contribution in [-0.4, -0.2) is 46.2 Å². The molecule has 0 radical (unpaired) electrons. The minimum atomic E-state index is 0.525. The number of hydrogen-bond acceptors (Lipinski definition) is 6. The Labute approximate surface area is 119 Å². The molecule has 2 aromatic rings. The van der Waals surface area contributed by atoms with Crippen LogP contribution in [0.5, 0.6) is 0 Å². The van der Waals surface area contributed by atoms with Gasteiger partial charge in [0.05, 0.1) is 0 Å². The minimum Gasteiger partial charge on any atom is -0.369 e. The smallest absolute Gasteiger partial charge is 0.258 e. The van der Waals surface area contributed by atoms with E-state index in [4.69, 9.17) is 4.52 Å². The van der Waals surface area contributed by atoms with Gasteiger partial charge in [-0.05, 0) is 32.1 Å². The number of nitrogens with one attached hydrogen (secondary N) is 1. The van der Waals surface area contributed by atoms with Crippen molar-refractivity contribution < 1.29 is 4.52 Å². The van der Waals surface area contributed by atoms with Crippen molar-refractivity contribution in [2.24, 2.45) is 0 Å². The summed E-state index contributed by atoms with van der Waals surface area (Å²) in [6.45, 7) is 10.1. The lowest BCUT2D eigenvalue weighted by atomic mass is 10.2. The van der Waals surface area contributed by atoms with Gasteiger partial charge in [0.15, 0.2) is 5.82 Å². The maximum atomic E-state index is 5.16. The van der Waals surface area contributed by atoms with E-state index >= 15 is 0 Å². The topological polar surface area (TPSA) is 67.1 Å². The summed E-state index contributed by atoms with van der Waals surface area (Å²) in [7, 11) is 0. The highest BCUT2D eigenvalue weighted by Crippen LogP contribution is 2.18. The van der Waals surface area contributed by atoms with Crippen molar-refractivity contribution in [1.82, 2.24) is 20.0 Å². The first-order valence-electron chi connectivity index (χ1n) is 6.96. The number of aromatic nitrogens is 3. The molecule has 0 fully saturated rings. The minimum absolute atomic E-state index is 0.525. The largest absolute Gasteiger partial charge is 0.369 e. The van der Waals surface area contributed by atoms with Crippen LogP contribution in [0.15, 0.2) is 22.9 Å². The second kappa shape index (κ2) is 7.00.